The molecule has 2 aliphatic rings. The summed E-state index contributed by atoms with van der Waals surface area (Å²) in [6.45, 7) is 5.71. The molecule has 1 aliphatic carbocycles. The molecule has 120 valence electrons. The van der Waals surface area contributed by atoms with Crippen molar-refractivity contribution in [3.63, 3.8) is 0 Å². The van der Waals surface area contributed by atoms with Crippen LogP contribution >= 0.6 is 0 Å². The summed E-state index contributed by atoms with van der Waals surface area (Å²) in [4.78, 5) is 21.8. The molecule has 1 aliphatic heterocycles. The molecular weight excluding hydrogens is 276 g/mol. The molecule has 5 nitrogen and oxygen atoms in total. The Hall–Kier alpha value is -1.62. The molecule has 1 fully saturated rings. The van der Waals surface area contributed by atoms with Crippen LogP contribution in [-0.2, 0) is 11.8 Å². The first kappa shape index (κ1) is 15.3. The normalized spacial score (nSPS) is 26.4. The number of likely N-dealkylation sites (N-methyl/N-ethyl adjacent to an activating group) is 1. The van der Waals surface area contributed by atoms with Crippen LogP contribution in [0.25, 0.3) is 0 Å². The molecule has 3 rings (SSSR count). The van der Waals surface area contributed by atoms with Crippen LogP contribution in [-0.4, -0.2) is 51.4 Å². The zero-order valence-electron chi connectivity index (χ0n) is 13.6. The first-order valence-corrected chi connectivity index (χ1v) is 8.35. The number of allylic oxidation sites excluding steroid dienone is 2. The van der Waals surface area contributed by atoms with Gasteiger partial charge >= 0.3 is 0 Å². The molecule has 1 amide bonds. The number of nitrogens with zero attached hydrogens (tertiary/aromatic N) is 4. The van der Waals surface area contributed by atoms with Crippen molar-refractivity contribution in [2.75, 3.05) is 26.2 Å². The van der Waals surface area contributed by atoms with E-state index in [1.807, 2.05) is 19.4 Å². The monoisotopic (exact) mass is 302 g/mol. The first-order valence-electron chi connectivity index (χ1n) is 8.35. The molecule has 1 aromatic heterocycles. The quantitative estimate of drug-likeness (QED) is 0.802. The van der Waals surface area contributed by atoms with Gasteiger partial charge in [-0.1, -0.05) is 19.1 Å². The van der Waals surface area contributed by atoms with Crippen LogP contribution in [0.15, 0.2) is 24.5 Å². The summed E-state index contributed by atoms with van der Waals surface area (Å²) in [5.41, 5.74) is 0. The van der Waals surface area contributed by atoms with E-state index in [9.17, 15) is 4.79 Å². The third-order valence-corrected chi connectivity index (χ3v) is 4.98. The molecule has 0 N–H and O–H groups in total. The van der Waals surface area contributed by atoms with Crippen molar-refractivity contribution in [3.05, 3.63) is 30.4 Å². The van der Waals surface area contributed by atoms with E-state index < -0.39 is 0 Å². The van der Waals surface area contributed by atoms with Gasteiger partial charge in [-0.2, -0.15) is 0 Å². The van der Waals surface area contributed by atoms with E-state index in [1.165, 1.54) is 0 Å². The minimum atomic E-state index is 0.181. The van der Waals surface area contributed by atoms with Gasteiger partial charge in [-0.05, 0) is 25.8 Å². The Morgan fingerprint density at radius 1 is 1.36 bits per heavy atom. The Labute approximate surface area is 132 Å². The van der Waals surface area contributed by atoms with Crippen molar-refractivity contribution in [1.29, 1.82) is 0 Å². The van der Waals surface area contributed by atoms with Crippen molar-refractivity contribution in [1.82, 2.24) is 19.4 Å². The van der Waals surface area contributed by atoms with Gasteiger partial charge in [-0.15, -0.1) is 0 Å². The standard InChI is InChI=1S/C17H26N4O/c1-3-20-11-12-21(17(22)14-7-5-4-6-8-14)13-15(20)16-18-9-10-19(16)2/h4-5,9-10,14-15H,3,6-8,11-13H2,1-2H3. The molecule has 0 saturated carbocycles. The van der Waals surface area contributed by atoms with E-state index in [2.05, 4.69) is 38.4 Å². The molecule has 5 heteroatoms. The molecular formula is C17H26N4O. The number of amides is 1. The van der Waals surface area contributed by atoms with Crippen molar-refractivity contribution in [2.24, 2.45) is 13.0 Å². The SMILES string of the molecule is CCN1CCN(C(=O)C2CC=CCC2)CC1c1nccn1C. The number of hydrogen-bond donors (Lipinski definition) is 0. The van der Waals surface area contributed by atoms with E-state index in [-0.39, 0.29) is 12.0 Å². The summed E-state index contributed by atoms with van der Waals surface area (Å²) >= 11 is 0. The van der Waals surface area contributed by atoms with Gasteiger partial charge in [0.2, 0.25) is 5.91 Å². The summed E-state index contributed by atoms with van der Waals surface area (Å²) in [5.74, 6) is 1.57. The molecule has 2 atom stereocenters. The molecule has 1 saturated heterocycles. The van der Waals surface area contributed by atoms with Gasteiger partial charge in [-0.3, -0.25) is 9.69 Å². The van der Waals surface area contributed by atoms with Gasteiger partial charge in [0.05, 0.1) is 6.04 Å². The minimum absolute atomic E-state index is 0.181. The number of imidazole rings is 1. The van der Waals surface area contributed by atoms with Crippen LogP contribution in [0.5, 0.6) is 0 Å². The maximum absolute atomic E-state index is 12.8. The molecule has 0 spiro atoms. The average molecular weight is 302 g/mol. The van der Waals surface area contributed by atoms with Gasteiger partial charge in [0, 0.05) is 45.0 Å². The van der Waals surface area contributed by atoms with Crippen LogP contribution in [0, 0.1) is 5.92 Å². The van der Waals surface area contributed by atoms with Crippen molar-refractivity contribution >= 4 is 5.91 Å². The Morgan fingerprint density at radius 2 is 2.23 bits per heavy atom. The number of rotatable bonds is 3. The first-order chi connectivity index (χ1) is 10.7. The third kappa shape index (κ3) is 2.95. The minimum Gasteiger partial charge on any atom is -0.339 e. The van der Waals surface area contributed by atoms with Gasteiger partial charge in [0.15, 0.2) is 0 Å². The van der Waals surface area contributed by atoms with E-state index in [0.29, 0.717) is 5.91 Å². The van der Waals surface area contributed by atoms with Crippen LogP contribution in [0.3, 0.4) is 0 Å². The summed E-state index contributed by atoms with van der Waals surface area (Å²) in [6, 6.07) is 0.210. The fourth-order valence-corrected chi connectivity index (χ4v) is 3.62. The number of carbonyl (C=O) groups excluding carboxylic acids is 1. The maximum Gasteiger partial charge on any atom is 0.226 e. The van der Waals surface area contributed by atoms with Gasteiger partial charge in [0.1, 0.15) is 5.82 Å². The average Bonchev–Trinajstić information content (AvgIpc) is 3.00. The predicted molar refractivity (Wildman–Crippen MR) is 86.3 cm³/mol. The van der Waals surface area contributed by atoms with Gasteiger partial charge in [0.25, 0.3) is 0 Å². The molecule has 1 aromatic rings. The molecule has 22 heavy (non-hydrogen) atoms. The molecule has 2 heterocycles. The lowest BCUT2D eigenvalue weighted by Gasteiger charge is -2.41. The Kier molecular flexibility index (Phi) is 4.62. The summed E-state index contributed by atoms with van der Waals surface area (Å²) in [5, 5.41) is 0. The smallest absolute Gasteiger partial charge is 0.226 e. The number of carbonyl (C=O) groups is 1. The number of aryl methyl sites for hydroxylation is 1. The lowest BCUT2D eigenvalue weighted by atomic mass is 9.92. The summed E-state index contributed by atoms with van der Waals surface area (Å²) in [7, 11) is 2.03. The Bertz CT molecular complexity index is 551. The summed E-state index contributed by atoms with van der Waals surface area (Å²) in [6.07, 6.45) is 11.1. The Balaban J connectivity index is 1.74. The van der Waals surface area contributed by atoms with E-state index in [4.69, 9.17) is 0 Å². The number of hydrogen-bond acceptors (Lipinski definition) is 3. The number of aromatic nitrogens is 2. The van der Waals surface area contributed by atoms with Crippen LogP contribution in [0.4, 0.5) is 0 Å². The van der Waals surface area contributed by atoms with Gasteiger partial charge in [-0.25, -0.2) is 4.98 Å². The summed E-state index contributed by atoms with van der Waals surface area (Å²) < 4.78 is 2.07. The highest BCUT2D eigenvalue weighted by Gasteiger charge is 2.34. The third-order valence-electron chi connectivity index (χ3n) is 4.98. The van der Waals surface area contributed by atoms with Crippen molar-refractivity contribution < 1.29 is 4.79 Å². The highest BCUT2D eigenvalue weighted by atomic mass is 16.2. The van der Waals surface area contributed by atoms with Gasteiger partial charge < -0.3 is 9.47 Å². The van der Waals surface area contributed by atoms with Crippen LogP contribution in [0.2, 0.25) is 0 Å². The van der Waals surface area contributed by atoms with Crippen LogP contribution < -0.4 is 0 Å². The van der Waals surface area contributed by atoms with E-state index in [1.54, 1.807) is 0 Å². The van der Waals surface area contributed by atoms with Crippen molar-refractivity contribution in [3.8, 4) is 0 Å². The van der Waals surface area contributed by atoms with E-state index in [0.717, 1.165) is 51.3 Å². The number of piperazine rings is 1. The highest BCUT2D eigenvalue weighted by molar-refractivity contribution is 5.79. The second-order valence-corrected chi connectivity index (χ2v) is 6.31. The fourth-order valence-electron chi connectivity index (χ4n) is 3.62. The van der Waals surface area contributed by atoms with Crippen molar-refractivity contribution in [2.45, 2.75) is 32.2 Å². The zero-order chi connectivity index (χ0) is 15.5. The highest BCUT2D eigenvalue weighted by Crippen LogP contribution is 2.27. The lowest BCUT2D eigenvalue weighted by molar-refractivity contribution is -0.139. The topological polar surface area (TPSA) is 41.4 Å². The van der Waals surface area contributed by atoms with E-state index >= 15 is 0 Å². The molecule has 0 radical (unpaired) electrons. The molecule has 2 unspecified atom stereocenters. The predicted octanol–water partition coefficient (Wildman–Crippen LogP) is 1.98. The Morgan fingerprint density at radius 3 is 2.86 bits per heavy atom. The maximum atomic E-state index is 12.8. The fraction of sp³-hybridized carbons (Fsp3) is 0.647. The molecule has 0 aromatic carbocycles. The second-order valence-electron chi connectivity index (χ2n) is 6.31. The van der Waals surface area contributed by atoms with Crippen LogP contribution in [0.1, 0.15) is 38.1 Å². The largest absolute Gasteiger partial charge is 0.339 e. The zero-order valence-corrected chi connectivity index (χ0v) is 13.6. The lowest BCUT2D eigenvalue weighted by Crippen LogP contribution is -2.52. The molecule has 0 bridgehead atoms. The second kappa shape index (κ2) is 6.65.